The highest BCUT2D eigenvalue weighted by atomic mass is 32.2. The standard InChI is InChI=1S/C15H12F3N5O3S/c1-10-13(6-3-7-14(10)23-9-19-21-22-23)20-27(24,25)12-5-2-4-11(8-12)26-15(16,17)18/h2-9,20H,1H3. The van der Waals surface area contributed by atoms with Crippen LogP contribution in [0.3, 0.4) is 0 Å². The van der Waals surface area contributed by atoms with E-state index in [1.54, 1.807) is 19.1 Å². The fourth-order valence-electron chi connectivity index (χ4n) is 2.30. The van der Waals surface area contributed by atoms with E-state index in [1.807, 2.05) is 0 Å². The molecule has 2 aromatic carbocycles. The van der Waals surface area contributed by atoms with Gasteiger partial charge in [0.05, 0.1) is 16.3 Å². The zero-order valence-electron chi connectivity index (χ0n) is 13.7. The van der Waals surface area contributed by atoms with Crippen molar-refractivity contribution in [2.75, 3.05) is 4.72 Å². The molecular weight excluding hydrogens is 387 g/mol. The van der Waals surface area contributed by atoms with Gasteiger partial charge in [0.15, 0.2) is 0 Å². The monoisotopic (exact) mass is 399 g/mol. The lowest BCUT2D eigenvalue weighted by Crippen LogP contribution is -2.18. The zero-order valence-corrected chi connectivity index (χ0v) is 14.5. The summed E-state index contributed by atoms with van der Waals surface area (Å²) in [4.78, 5) is -0.378. The normalized spacial score (nSPS) is 12.0. The number of nitrogens with zero attached hydrogens (tertiary/aromatic N) is 4. The van der Waals surface area contributed by atoms with E-state index in [9.17, 15) is 21.6 Å². The molecule has 0 saturated carbocycles. The molecule has 1 heterocycles. The first-order valence-electron chi connectivity index (χ1n) is 7.37. The molecule has 0 fully saturated rings. The number of nitrogens with one attached hydrogen (secondary N) is 1. The Kier molecular flexibility index (Phi) is 4.74. The summed E-state index contributed by atoms with van der Waals surface area (Å²) in [7, 11) is -4.16. The molecule has 0 radical (unpaired) electrons. The van der Waals surface area contributed by atoms with Crippen LogP contribution in [-0.4, -0.2) is 35.0 Å². The minimum Gasteiger partial charge on any atom is -0.406 e. The molecule has 0 spiro atoms. The highest BCUT2D eigenvalue weighted by Gasteiger charge is 2.31. The van der Waals surface area contributed by atoms with E-state index in [-0.39, 0.29) is 10.6 Å². The Hall–Kier alpha value is -3.15. The molecule has 0 bridgehead atoms. The second-order valence-corrected chi connectivity index (χ2v) is 7.01. The predicted octanol–water partition coefficient (Wildman–Crippen LogP) is 2.67. The molecule has 0 aliphatic heterocycles. The Balaban J connectivity index is 1.92. The summed E-state index contributed by atoms with van der Waals surface area (Å²) in [6, 6.07) is 8.89. The van der Waals surface area contributed by atoms with Crippen LogP contribution < -0.4 is 9.46 Å². The second-order valence-electron chi connectivity index (χ2n) is 5.33. The predicted molar refractivity (Wildman–Crippen MR) is 87.8 cm³/mol. The number of benzene rings is 2. The smallest absolute Gasteiger partial charge is 0.406 e. The van der Waals surface area contributed by atoms with E-state index >= 15 is 0 Å². The van der Waals surface area contributed by atoms with Gasteiger partial charge in [-0.1, -0.05) is 12.1 Å². The van der Waals surface area contributed by atoms with Gasteiger partial charge < -0.3 is 4.74 Å². The molecule has 3 rings (SSSR count). The van der Waals surface area contributed by atoms with Crippen molar-refractivity contribution in [1.29, 1.82) is 0 Å². The van der Waals surface area contributed by atoms with E-state index < -0.39 is 22.1 Å². The van der Waals surface area contributed by atoms with Gasteiger partial charge >= 0.3 is 6.36 Å². The van der Waals surface area contributed by atoms with Gasteiger partial charge in [-0.25, -0.2) is 13.1 Å². The number of anilines is 1. The third-order valence-electron chi connectivity index (χ3n) is 3.49. The lowest BCUT2D eigenvalue weighted by molar-refractivity contribution is -0.274. The molecule has 12 heteroatoms. The van der Waals surface area contributed by atoms with Crippen molar-refractivity contribution >= 4 is 15.7 Å². The van der Waals surface area contributed by atoms with Crippen molar-refractivity contribution in [3.8, 4) is 11.4 Å². The third-order valence-corrected chi connectivity index (χ3v) is 4.86. The number of ether oxygens (including phenoxy) is 1. The van der Waals surface area contributed by atoms with E-state index in [1.165, 1.54) is 17.1 Å². The second kappa shape index (κ2) is 6.87. The van der Waals surface area contributed by atoms with Crippen LogP contribution in [0.2, 0.25) is 0 Å². The average molecular weight is 399 g/mol. The number of tetrazole rings is 1. The maximum atomic E-state index is 12.6. The molecule has 0 atom stereocenters. The molecule has 1 aromatic heterocycles. The summed E-state index contributed by atoms with van der Waals surface area (Å²) in [5.41, 5.74) is 1.29. The van der Waals surface area contributed by atoms with Gasteiger partial charge in [0.1, 0.15) is 12.1 Å². The molecule has 0 amide bonds. The van der Waals surface area contributed by atoms with E-state index in [4.69, 9.17) is 0 Å². The Morgan fingerprint density at radius 3 is 2.56 bits per heavy atom. The van der Waals surface area contributed by atoms with Crippen LogP contribution in [-0.2, 0) is 10.0 Å². The maximum absolute atomic E-state index is 12.6. The zero-order chi connectivity index (χ0) is 19.7. The van der Waals surface area contributed by atoms with Gasteiger partial charge in [-0.15, -0.1) is 18.3 Å². The molecule has 0 saturated heterocycles. The summed E-state index contributed by atoms with van der Waals surface area (Å²) in [6.45, 7) is 1.65. The van der Waals surface area contributed by atoms with Crippen LogP contribution in [0.25, 0.3) is 5.69 Å². The van der Waals surface area contributed by atoms with Crippen molar-refractivity contribution in [2.24, 2.45) is 0 Å². The molecule has 142 valence electrons. The van der Waals surface area contributed by atoms with E-state index in [2.05, 4.69) is 25.0 Å². The van der Waals surface area contributed by atoms with E-state index in [0.717, 1.165) is 24.3 Å². The van der Waals surface area contributed by atoms with Crippen LogP contribution in [0.15, 0.2) is 53.7 Å². The number of halogens is 3. The number of rotatable bonds is 5. The summed E-state index contributed by atoms with van der Waals surface area (Å²) in [6.07, 6.45) is -3.58. The summed E-state index contributed by atoms with van der Waals surface area (Å²) < 4.78 is 69.6. The van der Waals surface area contributed by atoms with Crippen LogP contribution in [0, 0.1) is 6.92 Å². The highest BCUT2D eigenvalue weighted by Crippen LogP contribution is 2.27. The minimum atomic E-state index is -4.92. The Morgan fingerprint density at radius 1 is 1.15 bits per heavy atom. The number of hydrogen-bond donors (Lipinski definition) is 1. The fourth-order valence-corrected chi connectivity index (χ4v) is 3.45. The summed E-state index contributed by atoms with van der Waals surface area (Å²) in [5, 5.41) is 10.8. The van der Waals surface area contributed by atoms with Gasteiger partial charge in [-0.2, -0.15) is 0 Å². The number of sulfonamides is 1. The van der Waals surface area contributed by atoms with Crippen LogP contribution in [0.4, 0.5) is 18.9 Å². The van der Waals surface area contributed by atoms with Crippen LogP contribution in [0.5, 0.6) is 5.75 Å². The Labute approximate surface area is 151 Å². The third kappa shape index (κ3) is 4.34. The SMILES string of the molecule is Cc1c(NS(=O)(=O)c2cccc(OC(F)(F)F)c2)cccc1-n1cnnn1. The molecule has 1 N–H and O–H groups in total. The highest BCUT2D eigenvalue weighted by molar-refractivity contribution is 7.92. The molecule has 0 aliphatic rings. The van der Waals surface area contributed by atoms with Crippen molar-refractivity contribution in [3.63, 3.8) is 0 Å². The first kappa shape index (κ1) is 18.6. The van der Waals surface area contributed by atoms with Crippen molar-refractivity contribution < 1.29 is 26.3 Å². The molecule has 3 aromatic rings. The lowest BCUT2D eigenvalue weighted by atomic mass is 10.1. The van der Waals surface area contributed by atoms with E-state index in [0.29, 0.717) is 11.3 Å². The first-order chi connectivity index (χ1) is 12.7. The Morgan fingerprint density at radius 2 is 1.89 bits per heavy atom. The van der Waals surface area contributed by atoms with Gasteiger partial charge in [0.25, 0.3) is 10.0 Å². The van der Waals surface area contributed by atoms with Crippen LogP contribution in [0.1, 0.15) is 5.56 Å². The summed E-state index contributed by atoms with van der Waals surface area (Å²) in [5.74, 6) is -0.635. The Bertz CT molecular complexity index is 1050. The molecule has 0 aliphatic carbocycles. The van der Waals surface area contributed by atoms with Crippen molar-refractivity contribution in [3.05, 3.63) is 54.4 Å². The number of hydrogen-bond acceptors (Lipinski definition) is 6. The lowest BCUT2D eigenvalue weighted by Gasteiger charge is -2.14. The van der Waals surface area contributed by atoms with Gasteiger partial charge in [-0.05, 0) is 47.2 Å². The first-order valence-corrected chi connectivity index (χ1v) is 8.86. The fraction of sp³-hybridized carbons (Fsp3) is 0.133. The topological polar surface area (TPSA) is 99.0 Å². The van der Waals surface area contributed by atoms with Crippen LogP contribution >= 0.6 is 0 Å². The van der Waals surface area contributed by atoms with Crippen molar-refractivity contribution in [2.45, 2.75) is 18.2 Å². The number of aromatic nitrogens is 4. The summed E-state index contributed by atoms with van der Waals surface area (Å²) >= 11 is 0. The van der Waals surface area contributed by atoms with Gasteiger partial charge in [-0.3, -0.25) is 4.72 Å². The maximum Gasteiger partial charge on any atom is 0.573 e. The quantitative estimate of drug-likeness (QED) is 0.708. The van der Waals surface area contributed by atoms with Gasteiger partial charge in [0.2, 0.25) is 0 Å². The van der Waals surface area contributed by atoms with Crippen molar-refractivity contribution in [1.82, 2.24) is 20.2 Å². The molecule has 27 heavy (non-hydrogen) atoms. The molecule has 0 unspecified atom stereocenters. The largest absolute Gasteiger partial charge is 0.573 e. The molecular formula is C15H12F3N5O3S. The number of alkyl halides is 3. The average Bonchev–Trinajstić information content (AvgIpc) is 3.09. The molecule has 8 nitrogen and oxygen atoms in total. The minimum absolute atomic E-state index is 0.227. The van der Waals surface area contributed by atoms with Gasteiger partial charge in [0, 0.05) is 6.07 Å².